The summed E-state index contributed by atoms with van der Waals surface area (Å²) < 4.78 is 4.97. The van der Waals surface area contributed by atoms with Crippen LogP contribution in [0.1, 0.15) is 31.2 Å². The lowest BCUT2D eigenvalue weighted by molar-refractivity contribution is -0.142. The topological polar surface area (TPSA) is 101 Å². The number of rotatable bonds is 5. The van der Waals surface area contributed by atoms with Crippen LogP contribution < -0.4 is 15.4 Å². The number of amides is 2. The van der Waals surface area contributed by atoms with Crippen LogP contribution in [-0.4, -0.2) is 35.2 Å². The summed E-state index contributed by atoms with van der Waals surface area (Å²) in [5, 5.41) is 14.6. The van der Waals surface area contributed by atoms with Gasteiger partial charge in [0, 0.05) is 24.8 Å². The van der Waals surface area contributed by atoms with E-state index in [1.807, 2.05) is 6.07 Å². The van der Waals surface area contributed by atoms with Crippen LogP contribution in [0.25, 0.3) is 0 Å². The highest BCUT2D eigenvalue weighted by molar-refractivity contribution is 5.74. The molecule has 0 unspecified atom stereocenters. The average molecular weight is 307 g/mol. The number of nitrogens with zero attached hydrogens (tertiary/aromatic N) is 1. The van der Waals surface area contributed by atoms with Crippen molar-refractivity contribution < 1.29 is 19.4 Å². The molecule has 1 heterocycles. The maximum absolute atomic E-state index is 11.8. The smallest absolute Gasteiger partial charge is 0.315 e. The van der Waals surface area contributed by atoms with Crippen LogP contribution >= 0.6 is 0 Å². The number of carbonyl (C=O) groups is 2. The number of hydrogen-bond donors (Lipinski definition) is 3. The minimum atomic E-state index is -0.741. The first kappa shape index (κ1) is 16.1. The molecule has 2 rings (SSSR count). The van der Waals surface area contributed by atoms with Crippen LogP contribution in [0.5, 0.6) is 5.88 Å². The Hall–Kier alpha value is -2.31. The van der Waals surface area contributed by atoms with Crippen LogP contribution in [0.15, 0.2) is 18.3 Å². The zero-order valence-electron chi connectivity index (χ0n) is 12.5. The van der Waals surface area contributed by atoms with E-state index in [1.165, 1.54) is 0 Å². The fourth-order valence-corrected chi connectivity index (χ4v) is 2.54. The summed E-state index contributed by atoms with van der Waals surface area (Å²) in [7, 11) is 1.55. The Labute approximate surface area is 129 Å². The molecule has 1 aliphatic rings. The van der Waals surface area contributed by atoms with Crippen molar-refractivity contribution in [2.75, 3.05) is 7.11 Å². The quantitative estimate of drug-likeness (QED) is 0.766. The first-order valence-electron chi connectivity index (χ1n) is 7.34. The molecule has 0 spiro atoms. The molecule has 1 aliphatic carbocycles. The summed E-state index contributed by atoms with van der Waals surface area (Å²) >= 11 is 0. The molecule has 1 fully saturated rings. The summed E-state index contributed by atoms with van der Waals surface area (Å²) in [5.74, 6) is -0.482. The van der Waals surface area contributed by atoms with E-state index in [9.17, 15) is 9.59 Å². The number of aromatic nitrogens is 1. The number of carboxylic acid groups (broad SMARTS) is 1. The summed E-state index contributed by atoms with van der Waals surface area (Å²) in [5.41, 5.74) is 0.880. The van der Waals surface area contributed by atoms with Crippen LogP contribution in [0, 0.1) is 5.92 Å². The standard InChI is InChI=1S/C15H21N3O4/c1-22-13-7-2-10(8-16-13)9-17-15(21)18-12-5-3-11(4-6-12)14(19)20/h2,7-8,11-12H,3-6,9H2,1H3,(H,19,20)(H2,17,18,21). The van der Waals surface area contributed by atoms with Gasteiger partial charge < -0.3 is 20.5 Å². The lowest BCUT2D eigenvalue weighted by Gasteiger charge is -2.26. The highest BCUT2D eigenvalue weighted by Crippen LogP contribution is 2.24. The molecule has 0 bridgehead atoms. The number of urea groups is 1. The van der Waals surface area contributed by atoms with E-state index in [2.05, 4.69) is 15.6 Å². The molecular weight excluding hydrogens is 286 g/mol. The van der Waals surface area contributed by atoms with E-state index < -0.39 is 5.97 Å². The number of hydrogen-bond acceptors (Lipinski definition) is 4. The van der Waals surface area contributed by atoms with E-state index >= 15 is 0 Å². The van der Waals surface area contributed by atoms with Gasteiger partial charge >= 0.3 is 12.0 Å². The molecule has 0 atom stereocenters. The zero-order chi connectivity index (χ0) is 15.9. The van der Waals surface area contributed by atoms with Gasteiger partial charge in [0.2, 0.25) is 5.88 Å². The highest BCUT2D eigenvalue weighted by atomic mass is 16.5. The van der Waals surface area contributed by atoms with Crippen LogP contribution in [0.4, 0.5) is 4.79 Å². The average Bonchev–Trinajstić information content (AvgIpc) is 2.54. The van der Waals surface area contributed by atoms with Crippen LogP contribution in [0.3, 0.4) is 0 Å². The van der Waals surface area contributed by atoms with Crippen molar-refractivity contribution in [1.82, 2.24) is 15.6 Å². The minimum Gasteiger partial charge on any atom is -0.481 e. The largest absolute Gasteiger partial charge is 0.481 e. The third-order valence-electron chi connectivity index (χ3n) is 3.87. The monoisotopic (exact) mass is 307 g/mol. The van der Waals surface area contributed by atoms with E-state index in [0.29, 0.717) is 38.1 Å². The summed E-state index contributed by atoms with van der Waals surface area (Å²) in [4.78, 5) is 26.8. The number of aliphatic carboxylic acids is 1. The van der Waals surface area contributed by atoms with E-state index in [0.717, 1.165) is 5.56 Å². The van der Waals surface area contributed by atoms with Crippen molar-refractivity contribution in [3.8, 4) is 5.88 Å². The first-order valence-corrected chi connectivity index (χ1v) is 7.34. The lowest BCUT2D eigenvalue weighted by Crippen LogP contribution is -2.43. The van der Waals surface area contributed by atoms with Gasteiger partial charge in [-0.05, 0) is 31.2 Å². The Kier molecular flexibility index (Phi) is 5.57. The van der Waals surface area contributed by atoms with Crippen molar-refractivity contribution >= 4 is 12.0 Å². The molecular formula is C15H21N3O4. The molecule has 0 saturated heterocycles. The highest BCUT2D eigenvalue weighted by Gasteiger charge is 2.26. The van der Waals surface area contributed by atoms with Gasteiger partial charge in [-0.2, -0.15) is 0 Å². The van der Waals surface area contributed by atoms with Gasteiger partial charge in [0.25, 0.3) is 0 Å². The van der Waals surface area contributed by atoms with E-state index in [-0.39, 0.29) is 18.0 Å². The Bertz CT molecular complexity index is 510. The van der Waals surface area contributed by atoms with E-state index in [4.69, 9.17) is 9.84 Å². The third-order valence-corrected chi connectivity index (χ3v) is 3.87. The second-order valence-corrected chi connectivity index (χ2v) is 5.42. The number of methoxy groups -OCH3 is 1. The number of carboxylic acids is 1. The molecule has 7 heteroatoms. The maximum Gasteiger partial charge on any atom is 0.315 e. The Morgan fingerprint density at radius 3 is 2.59 bits per heavy atom. The SMILES string of the molecule is COc1ccc(CNC(=O)NC2CCC(C(=O)O)CC2)cn1. The van der Waals surface area contributed by atoms with Gasteiger partial charge in [-0.15, -0.1) is 0 Å². The molecule has 1 saturated carbocycles. The second-order valence-electron chi connectivity index (χ2n) is 5.42. The van der Waals surface area contributed by atoms with Crippen LogP contribution in [0.2, 0.25) is 0 Å². The van der Waals surface area contributed by atoms with E-state index in [1.54, 1.807) is 19.4 Å². The van der Waals surface area contributed by atoms with Crippen molar-refractivity contribution in [1.29, 1.82) is 0 Å². The van der Waals surface area contributed by atoms with Gasteiger partial charge in [-0.25, -0.2) is 9.78 Å². The van der Waals surface area contributed by atoms with Gasteiger partial charge in [0.15, 0.2) is 0 Å². The minimum absolute atomic E-state index is 0.0459. The zero-order valence-corrected chi connectivity index (χ0v) is 12.5. The molecule has 2 amide bonds. The predicted octanol–water partition coefficient (Wildman–Crippen LogP) is 1.53. The van der Waals surface area contributed by atoms with Gasteiger partial charge in [0.1, 0.15) is 0 Å². The number of carbonyl (C=O) groups excluding carboxylic acids is 1. The van der Waals surface area contributed by atoms with Crippen molar-refractivity contribution in [3.05, 3.63) is 23.9 Å². The fraction of sp³-hybridized carbons (Fsp3) is 0.533. The first-order chi connectivity index (χ1) is 10.6. The molecule has 0 radical (unpaired) electrons. The fourth-order valence-electron chi connectivity index (χ4n) is 2.54. The van der Waals surface area contributed by atoms with Gasteiger partial charge in [-0.3, -0.25) is 4.79 Å². The summed E-state index contributed by atoms with van der Waals surface area (Å²) in [6.45, 7) is 0.382. The summed E-state index contributed by atoms with van der Waals surface area (Å²) in [6, 6.07) is 3.38. The Morgan fingerprint density at radius 1 is 1.32 bits per heavy atom. The lowest BCUT2D eigenvalue weighted by atomic mass is 9.86. The van der Waals surface area contributed by atoms with Gasteiger partial charge in [0.05, 0.1) is 13.0 Å². The molecule has 22 heavy (non-hydrogen) atoms. The molecule has 7 nitrogen and oxygen atoms in total. The molecule has 1 aromatic rings. The molecule has 1 aromatic heterocycles. The Balaban J connectivity index is 1.70. The van der Waals surface area contributed by atoms with Crippen molar-refractivity contribution in [3.63, 3.8) is 0 Å². The molecule has 0 aromatic carbocycles. The molecule has 3 N–H and O–H groups in total. The van der Waals surface area contributed by atoms with Gasteiger partial charge in [-0.1, -0.05) is 6.07 Å². The number of ether oxygens (including phenoxy) is 1. The van der Waals surface area contributed by atoms with Crippen molar-refractivity contribution in [2.45, 2.75) is 38.3 Å². The molecule has 120 valence electrons. The third kappa shape index (κ3) is 4.61. The molecule has 0 aliphatic heterocycles. The second kappa shape index (κ2) is 7.63. The van der Waals surface area contributed by atoms with Crippen LogP contribution in [-0.2, 0) is 11.3 Å². The Morgan fingerprint density at radius 2 is 2.05 bits per heavy atom. The normalized spacial score (nSPS) is 21.0. The summed E-state index contributed by atoms with van der Waals surface area (Å²) in [6.07, 6.45) is 4.28. The van der Waals surface area contributed by atoms with Crippen molar-refractivity contribution in [2.24, 2.45) is 5.92 Å². The maximum atomic E-state index is 11.8. The predicted molar refractivity (Wildman–Crippen MR) is 79.5 cm³/mol. The number of pyridine rings is 1. The number of nitrogens with one attached hydrogen (secondary N) is 2.